The number of aliphatic carboxylic acids is 1. The van der Waals surface area contributed by atoms with E-state index in [9.17, 15) is 9.90 Å². The molecule has 0 saturated carbocycles. The van der Waals surface area contributed by atoms with Gasteiger partial charge in [0, 0.05) is 45.0 Å². The molecular weight excluding hydrogens is 366 g/mol. The molecule has 0 aliphatic heterocycles. The first-order valence-electron chi connectivity index (χ1n) is 9.62. The summed E-state index contributed by atoms with van der Waals surface area (Å²) >= 11 is 0. The van der Waals surface area contributed by atoms with Crippen molar-refractivity contribution in [2.75, 3.05) is 0 Å². The van der Waals surface area contributed by atoms with Crippen LogP contribution in [0.2, 0.25) is 0 Å². The predicted molar refractivity (Wildman–Crippen MR) is 119 cm³/mol. The molecule has 1 heterocycles. The minimum absolute atomic E-state index is 0.0812. The molecule has 0 unspecified atom stereocenters. The van der Waals surface area contributed by atoms with Crippen LogP contribution in [0.4, 0.5) is 0 Å². The zero-order chi connectivity index (χ0) is 21.3. The van der Waals surface area contributed by atoms with Crippen molar-refractivity contribution in [1.29, 1.82) is 0 Å². The van der Waals surface area contributed by atoms with Gasteiger partial charge in [0.2, 0.25) is 0 Å². The van der Waals surface area contributed by atoms with Gasteiger partial charge >= 0.3 is 5.97 Å². The topological polar surface area (TPSA) is 119 Å². The van der Waals surface area contributed by atoms with Crippen LogP contribution in [0.25, 0.3) is 21.8 Å². The molecule has 1 aromatic heterocycles. The predicted octanol–water partition coefficient (Wildman–Crippen LogP) is 3.11. The lowest BCUT2D eigenvalue weighted by molar-refractivity contribution is -0.137. The van der Waals surface area contributed by atoms with Crippen LogP contribution in [0.15, 0.2) is 46.4 Å². The van der Waals surface area contributed by atoms with Crippen LogP contribution in [0.3, 0.4) is 0 Å². The summed E-state index contributed by atoms with van der Waals surface area (Å²) < 4.78 is 1.78. The highest BCUT2D eigenvalue weighted by Gasteiger charge is 2.15. The van der Waals surface area contributed by atoms with E-state index in [1.54, 1.807) is 4.57 Å². The van der Waals surface area contributed by atoms with E-state index in [4.69, 9.17) is 11.5 Å². The fourth-order valence-electron chi connectivity index (χ4n) is 3.43. The van der Waals surface area contributed by atoms with Crippen molar-refractivity contribution in [3.8, 4) is 0 Å². The number of aliphatic imine (C=N–C) groups is 2. The second-order valence-electron chi connectivity index (χ2n) is 7.66. The quantitative estimate of drug-likeness (QED) is 0.440. The van der Waals surface area contributed by atoms with Crippen molar-refractivity contribution < 1.29 is 9.90 Å². The molecule has 5 N–H and O–H groups in total. The first-order valence-corrected chi connectivity index (χ1v) is 9.62. The van der Waals surface area contributed by atoms with Crippen LogP contribution < -0.4 is 11.5 Å². The van der Waals surface area contributed by atoms with Gasteiger partial charge in [0.25, 0.3) is 0 Å². The molecule has 29 heavy (non-hydrogen) atoms. The maximum atomic E-state index is 11.4. The van der Waals surface area contributed by atoms with E-state index < -0.39 is 5.97 Å². The van der Waals surface area contributed by atoms with E-state index in [1.165, 1.54) is 0 Å². The van der Waals surface area contributed by atoms with Crippen molar-refractivity contribution in [1.82, 2.24) is 4.57 Å². The van der Waals surface area contributed by atoms with Crippen LogP contribution in [-0.4, -0.2) is 39.4 Å². The summed E-state index contributed by atoms with van der Waals surface area (Å²) in [7, 11) is 0. The Bertz CT molecular complexity index is 1060. The maximum Gasteiger partial charge on any atom is 0.323 e. The van der Waals surface area contributed by atoms with Crippen molar-refractivity contribution in [2.45, 2.75) is 46.3 Å². The minimum Gasteiger partial charge on any atom is -0.480 e. The monoisotopic (exact) mass is 393 g/mol. The Kier molecular flexibility index (Phi) is 5.59. The normalized spacial score (nSPS) is 13.2. The first kappa shape index (κ1) is 20.4. The van der Waals surface area contributed by atoms with E-state index >= 15 is 0 Å². The fraction of sp³-hybridized carbons (Fsp3) is 0.318. The number of carbonyl (C=O) groups is 1. The lowest BCUT2D eigenvalue weighted by atomic mass is 10.1. The summed E-state index contributed by atoms with van der Waals surface area (Å²) in [4.78, 5) is 20.3. The Morgan fingerprint density at radius 3 is 1.66 bits per heavy atom. The first-order chi connectivity index (χ1) is 13.7. The van der Waals surface area contributed by atoms with Crippen LogP contribution in [0.5, 0.6) is 0 Å². The zero-order valence-electron chi connectivity index (χ0n) is 17.2. The largest absolute Gasteiger partial charge is 0.480 e. The third-order valence-electron chi connectivity index (χ3n) is 4.54. The summed E-state index contributed by atoms with van der Waals surface area (Å²) in [5.41, 5.74) is 15.6. The molecule has 0 spiro atoms. The van der Waals surface area contributed by atoms with Crippen LogP contribution in [0, 0.1) is 0 Å². The number of hydrogen-bond donors (Lipinski definition) is 3. The number of hydrogen-bond acceptors (Lipinski definition) is 3. The molecule has 0 bridgehead atoms. The van der Waals surface area contributed by atoms with Gasteiger partial charge in [-0.15, -0.1) is 0 Å². The highest BCUT2D eigenvalue weighted by atomic mass is 16.4. The van der Waals surface area contributed by atoms with Gasteiger partial charge < -0.3 is 21.1 Å². The summed E-state index contributed by atoms with van der Waals surface area (Å²) in [6, 6.07) is 11.6. The molecular formula is C22H27N5O2. The molecule has 3 rings (SSSR count). The lowest BCUT2D eigenvalue weighted by Crippen LogP contribution is -2.15. The number of nitrogens with zero attached hydrogens (tertiary/aromatic N) is 3. The number of carboxylic acids is 1. The molecule has 0 atom stereocenters. The molecule has 0 saturated heterocycles. The van der Waals surface area contributed by atoms with Crippen LogP contribution in [0.1, 0.15) is 38.8 Å². The second kappa shape index (κ2) is 7.95. The number of benzene rings is 2. The summed E-state index contributed by atoms with van der Waals surface area (Å²) in [5, 5.41) is 11.2. The molecule has 0 radical (unpaired) electrons. The van der Waals surface area contributed by atoms with Crippen LogP contribution in [-0.2, 0) is 11.3 Å². The Morgan fingerprint density at radius 2 is 1.31 bits per heavy atom. The Balaban J connectivity index is 2.29. The van der Waals surface area contributed by atoms with E-state index in [1.807, 2.05) is 64.1 Å². The van der Waals surface area contributed by atoms with E-state index in [-0.39, 0.29) is 18.6 Å². The van der Waals surface area contributed by atoms with Crippen molar-refractivity contribution in [2.24, 2.45) is 21.5 Å². The van der Waals surface area contributed by atoms with Gasteiger partial charge in [-0.1, -0.05) is 0 Å². The van der Waals surface area contributed by atoms with E-state index in [0.29, 0.717) is 11.7 Å². The maximum absolute atomic E-state index is 11.4. The Morgan fingerprint density at radius 1 is 0.897 bits per heavy atom. The average Bonchev–Trinajstić information content (AvgIpc) is 2.93. The smallest absolute Gasteiger partial charge is 0.323 e. The zero-order valence-corrected chi connectivity index (χ0v) is 17.2. The van der Waals surface area contributed by atoms with Gasteiger partial charge in [-0.2, -0.15) is 0 Å². The second-order valence-corrected chi connectivity index (χ2v) is 7.66. The molecule has 0 fully saturated rings. The molecule has 2 aromatic carbocycles. The van der Waals surface area contributed by atoms with Gasteiger partial charge in [0.1, 0.15) is 18.2 Å². The average molecular weight is 393 g/mol. The number of rotatable bonds is 6. The summed E-state index contributed by atoms with van der Waals surface area (Å²) in [6.07, 6.45) is 0. The fourth-order valence-corrected chi connectivity index (χ4v) is 3.43. The van der Waals surface area contributed by atoms with E-state index in [0.717, 1.165) is 32.9 Å². The summed E-state index contributed by atoms with van der Waals surface area (Å²) in [6.45, 7) is 7.73. The summed E-state index contributed by atoms with van der Waals surface area (Å²) in [5.74, 6) is 0.00914. The molecule has 0 amide bonds. The van der Waals surface area contributed by atoms with E-state index in [2.05, 4.69) is 9.98 Å². The Hall–Kier alpha value is -3.35. The van der Waals surface area contributed by atoms with Crippen molar-refractivity contribution in [3.63, 3.8) is 0 Å². The highest BCUT2D eigenvalue weighted by Crippen LogP contribution is 2.31. The van der Waals surface area contributed by atoms with Gasteiger partial charge in [0.15, 0.2) is 0 Å². The Labute approximate surface area is 169 Å². The number of amidine groups is 2. The highest BCUT2D eigenvalue weighted by molar-refractivity contribution is 6.13. The molecule has 7 nitrogen and oxygen atoms in total. The van der Waals surface area contributed by atoms with Gasteiger partial charge in [-0.25, -0.2) is 0 Å². The third-order valence-corrected chi connectivity index (χ3v) is 4.54. The number of aromatic nitrogens is 1. The molecule has 3 aromatic rings. The minimum atomic E-state index is -0.904. The van der Waals surface area contributed by atoms with Crippen molar-refractivity contribution in [3.05, 3.63) is 47.5 Å². The third kappa shape index (κ3) is 4.23. The number of nitrogens with two attached hydrogens (primary N) is 2. The van der Waals surface area contributed by atoms with Crippen molar-refractivity contribution >= 4 is 39.4 Å². The SMILES string of the molecule is CC(C)N=C(N)c1ccc2c(c1)c1cc(C(N)=NC(C)C)ccc1n2CC(=O)O. The van der Waals surface area contributed by atoms with Gasteiger partial charge in [-0.05, 0) is 64.1 Å². The number of fused-ring (bicyclic) bond motifs is 3. The van der Waals surface area contributed by atoms with Crippen LogP contribution >= 0.6 is 0 Å². The van der Waals surface area contributed by atoms with Gasteiger partial charge in [-0.3, -0.25) is 14.8 Å². The molecule has 152 valence electrons. The lowest BCUT2D eigenvalue weighted by Gasteiger charge is -2.06. The number of carboxylic acid groups (broad SMARTS) is 1. The molecule has 0 aliphatic carbocycles. The van der Waals surface area contributed by atoms with Gasteiger partial charge in [0.05, 0.1) is 0 Å². The molecule has 0 aliphatic rings. The molecule has 7 heteroatoms. The standard InChI is InChI=1S/C22H27N5O2/c1-12(2)25-21(23)14-5-7-18-16(9-14)17-10-15(22(24)26-13(3)4)6-8-19(17)27(18)11-20(28)29/h5-10,12-13H,11H2,1-4H3,(H2,23,25)(H2,24,26)(H,28,29).